The van der Waals surface area contributed by atoms with Gasteiger partial charge in [0.1, 0.15) is 23.4 Å². The number of carbonyl (C=O) groups excluding carboxylic acids is 1. The molecular formula is C27H33ClFN7O3. The van der Waals surface area contributed by atoms with Gasteiger partial charge in [0.05, 0.1) is 18.9 Å². The summed E-state index contributed by atoms with van der Waals surface area (Å²) in [5.41, 5.74) is 1.59. The predicted molar refractivity (Wildman–Crippen MR) is 149 cm³/mol. The first-order valence-corrected chi connectivity index (χ1v) is 13.3. The average Bonchev–Trinajstić information content (AvgIpc) is 2.90. The molecule has 2 aromatic heterocycles. The van der Waals surface area contributed by atoms with Crippen LogP contribution in [0.4, 0.5) is 21.6 Å². The molecule has 39 heavy (non-hydrogen) atoms. The van der Waals surface area contributed by atoms with Gasteiger partial charge in [-0.25, -0.2) is 9.37 Å². The standard InChI is InChI=1S/C27H33ClFN7O3/c1-3-10-36(12-9-30-2)11-7-26(37)33-25-14-19(6-8-31-25)32-24-15-23(21-13-18(28)4-5-22(21)29)34-35-27(24)39-20-16-38-17-20/h4-6,8,13-15,20,30H,3,7,9-12,16-17H2,1-2H3,(H2,31,32,33,34,37). The highest BCUT2D eigenvalue weighted by Gasteiger charge is 2.23. The van der Waals surface area contributed by atoms with E-state index < -0.39 is 5.82 Å². The lowest BCUT2D eigenvalue weighted by atomic mass is 10.1. The number of benzene rings is 1. The van der Waals surface area contributed by atoms with Crippen LogP contribution in [0.1, 0.15) is 19.8 Å². The topological polar surface area (TPSA) is 114 Å². The molecule has 0 saturated carbocycles. The highest BCUT2D eigenvalue weighted by atomic mass is 35.5. The smallest absolute Gasteiger partial charge is 0.257 e. The number of anilines is 3. The van der Waals surface area contributed by atoms with Crippen molar-refractivity contribution in [1.82, 2.24) is 25.4 Å². The highest BCUT2D eigenvalue weighted by molar-refractivity contribution is 6.30. The van der Waals surface area contributed by atoms with E-state index in [0.717, 1.165) is 26.1 Å². The van der Waals surface area contributed by atoms with Gasteiger partial charge in [0, 0.05) is 54.6 Å². The molecule has 208 valence electrons. The van der Waals surface area contributed by atoms with Gasteiger partial charge in [0.25, 0.3) is 5.88 Å². The third kappa shape index (κ3) is 8.30. The maximum absolute atomic E-state index is 14.5. The number of likely N-dealkylation sites (N-methyl/N-ethyl adjacent to an activating group) is 1. The predicted octanol–water partition coefficient (Wildman–Crippen LogP) is 4.11. The second kappa shape index (κ2) is 14.1. The first kappa shape index (κ1) is 28.6. The first-order valence-electron chi connectivity index (χ1n) is 12.9. The normalized spacial score (nSPS) is 13.3. The first-order chi connectivity index (χ1) is 18.9. The third-order valence-corrected chi connectivity index (χ3v) is 6.26. The molecule has 10 nitrogen and oxygen atoms in total. The molecule has 1 aliphatic heterocycles. The van der Waals surface area contributed by atoms with Crippen molar-refractivity contribution in [3.8, 4) is 17.1 Å². The van der Waals surface area contributed by atoms with Gasteiger partial charge >= 0.3 is 0 Å². The number of hydrogen-bond acceptors (Lipinski definition) is 9. The molecule has 0 bridgehead atoms. The Kier molecular flexibility index (Phi) is 10.4. The van der Waals surface area contributed by atoms with Crippen LogP contribution < -0.4 is 20.7 Å². The van der Waals surface area contributed by atoms with Crippen molar-refractivity contribution in [2.75, 3.05) is 57.1 Å². The quantitative estimate of drug-likeness (QED) is 0.269. The second-order valence-corrected chi connectivity index (χ2v) is 9.58. The maximum atomic E-state index is 14.5. The number of pyridine rings is 1. The van der Waals surface area contributed by atoms with Crippen LogP contribution in [0.5, 0.6) is 5.88 Å². The van der Waals surface area contributed by atoms with Crippen LogP contribution in [0.2, 0.25) is 5.02 Å². The summed E-state index contributed by atoms with van der Waals surface area (Å²) in [6.45, 7) is 6.36. The molecule has 0 radical (unpaired) electrons. The number of hydrogen-bond donors (Lipinski definition) is 3. The molecule has 0 spiro atoms. The number of halogens is 2. The summed E-state index contributed by atoms with van der Waals surface area (Å²) in [7, 11) is 1.92. The molecule has 0 atom stereocenters. The molecule has 1 aromatic carbocycles. The van der Waals surface area contributed by atoms with Gasteiger partial charge < -0.3 is 30.3 Å². The Morgan fingerprint density at radius 2 is 2.03 bits per heavy atom. The minimum atomic E-state index is -0.474. The van der Waals surface area contributed by atoms with Crippen LogP contribution in [-0.2, 0) is 9.53 Å². The Bertz CT molecular complexity index is 1260. The SMILES string of the molecule is CCCN(CCNC)CCC(=O)Nc1cc(Nc2cc(-c3cc(Cl)ccc3F)nnc2OC2COC2)ccn1. The van der Waals surface area contributed by atoms with Crippen molar-refractivity contribution in [1.29, 1.82) is 0 Å². The van der Waals surface area contributed by atoms with E-state index in [2.05, 4.69) is 43.0 Å². The fourth-order valence-corrected chi connectivity index (χ4v) is 4.11. The van der Waals surface area contributed by atoms with Gasteiger partial charge in [-0.2, -0.15) is 0 Å². The van der Waals surface area contributed by atoms with E-state index in [4.69, 9.17) is 21.1 Å². The molecule has 0 aliphatic carbocycles. The fourth-order valence-electron chi connectivity index (χ4n) is 3.94. The maximum Gasteiger partial charge on any atom is 0.257 e. The van der Waals surface area contributed by atoms with E-state index in [1.807, 2.05) is 7.05 Å². The second-order valence-electron chi connectivity index (χ2n) is 9.15. The molecule has 4 rings (SSSR count). The molecule has 1 aliphatic rings. The Morgan fingerprint density at radius 3 is 2.77 bits per heavy atom. The molecule has 3 N–H and O–H groups in total. The lowest BCUT2D eigenvalue weighted by Gasteiger charge is -2.27. The molecule has 1 saturated heterocycles. The average molecular weight is 558 g/mol. The fraction of sp³-hybridized carbons (Fsp3) is 0.407. The number of nitrogens with zero attached hydrogens (tertiary/aromatic N) is 4. The van der Waals surface area contributed by atoms with Crippen molar-refractivity contribution in [3.63, 3.8) is 0 Å². The van der Waals surface area contributed by atoms with Gasteiger partial charge in [0.15, 0.2) is 0 Å². The Labute approximate surface area is 232 Å². The highest BCUT2D eigenvalue weighted by Crippen LogP contribution is 2.32. The van der Waals surface area contributed by atoms with Crippen molar-refractivity contribution < 1.29 is 18.7 Å². The lowest BCUT2D eigenvalue weighted by molar-refractivity contribution is -0.116. The van der Waals surface area contributed by atoms with Crippen LogP contribution in [0.15, 0.2) is 42.6 Å². The lowest BCUT2D eigenvalue weighted by Crippen LogP contribution is -2.39. The van der Waals surface area contributed by atoms with E-state index in [9.17, 15) is 9.18 Å². The summed E-state index contributed by atoms with van der Waals surface area (Å²) in [6.07, 6.45) is 2.81. The summed E-state index contributed by atoms with van der Waals surface area (Å²) in [6, 6.07) is 9.33. The van der Waals surface area contributed by atoms with Crippen molar-refractivity contribution in [2.24, 2.45) is 0 Å². The zero-order valence-corrected chi connectivity index (χ0v) is 22.8. The van der Waals surface area contributed by atoms with Crippen LogP contribution in [0.3, 0.4) is 0 Å². The van der Waals surface area contributed by atoms with E-state index in [-0.39, 0.29) is 29.1 Å². The molecule has 3 heterocycles. The molecule has 1 amide bonds. The summed E-state index contributed by atoms with van der Waals surface area (Å²) in [5.74, 6) is 0.0521. The number of aromatic nitrogens is 3. The van der Waals surface area contributed by atoms with Crippen molar-refractivity contribution in [2.45, 2.75) is 25.9 Å². The van der Waals surface area contributed by atoms with Gasteiger partial charge in [-0.1, -0.05) is 18.5 Å². The van der Waals surface area contributed by atoms with Crippen LogP contribution in [-0.4, -0.2) is 78.5 Å². The molecule has 12 heteroatoms. The van der Waals surface area contributed by atoms with E-state index in [1.54, 1.807) is 24.4 Å². The molecule has 0 unspecified atom stereocenters. The minimum Gasteiger partial charge on any atom is -0.467 e. The van der Waals surface area contributed by atoms with Crippen molar-refractivity contribution >= 4 is 34.7 Å². The number of nitrogens with one attached hydrogen (secondary N) is 3. The largest absolute Gasteiger partial charge is 0.467 e. The van der Waals surface area contributed by atoms with Gasteiger partial charge in [0.2, 0.25) is 5.91 Å². The van der Waals surface area contributed by atoms with Gasteiger partial charge in [-0.05, 0) is 50.3 Å². The van der Waals surface area contributed by atoms with Gasteiger partial charge in [-0.15, -0.1) is 10.2 Å². The molecule has 1 fully saturated rings. The summed E-state index contributed by atoms with van der Waals surface area (Å²) in [5, 5.41) is 18.0. The third-order valence-electron chi connectivity index (χ3n) is 6.03. The summed E-state index contributed by atoms with van der Waals surface area (Å²) >= 11 is 6.08. The van der Waals surface area contributed by atoms with Crippen LogP contribution in [0, 0.1) is 5.82 Å². The molecular weight excluding hydrogens is 525 g/mol. The Morgan fingerprint density at radius 1 is 1.18 bits per heavy atom. The number of rotatable bonds is 14. The Balaban J connectivity index is 1.48. The van der Waals surface area contributed by atoms with Crippen LogP contribution >= 0.6 is 11.6 Å². The summed E-state index contributed by atoms with van der Waals surface area (Å²) in [4.78, 5) is 19.2. The summed E-state index contributed by atoms with van der Waals surface area (Å²) < 4.78 is 25.6. The number of carbonyl (C=O) groups is 1. The van der Waals surface area contributed by atoms with Crippen molar-refractivity contribution in [3.05, 3.63) is 53.4 Å². The van der Waals surface area contributed by atoms with E-state index >= 15 is 0 Å². The Hall–Kier alpha value is -3.38. The minimum absolute atomic E-state index is 0.122. The van der Waals surface area contributed by atoms with Crippen LogP contribution in [0.25, 0.3) is 11.3 Å². The van der Waals surface area contributed by atoms with Gasteiger partial charge in [-0.3, -0.25) is 4.79 Å². The van der Waals surface area contributed by atoms with E-state index in [0.29, 0.717) is 48.4 Å². The molecule has 3 aromatic rings. The number of ether oxygens (including phenoxy) is 2. The monoisotopic (exact) mass is 557 g/mol. The van der Waals surface area contributed by atoms with E-state index in [1.165, 1.54) is 18.2 Å². The zero-order valence-electron chi connectivity index (χ0n) is 22.0. The zero-order chi connectivity index (χ0) is 27.6. The number of amides is 1.